The molecule has 0 aromatic carbocycles. The molecule has 3 fully saturated rings. The van der Waals surface area contributed by atoms with Crippen LogP contribution < -0.4 is 0 Å². The summed E-state index contributed by atoms with van der Waals surface area (Å²) in [6.45, 7) is 5.64. The second kappa shape index (κ2) is 13.5. The summed E-state index contributed by atoms with van der Waals surface area (Å²) >= 11 is 0. The molecule has 3 aliphatic rings. The molecule has 0 unspecified atom stereocenters. The molecule has 0 bridgehead atoms. The predicted molar refractivity (Wildman–Crippen MR) is 131 cm³/mol. The van der Waals surface area contributed by atoms with E-state index in [4.69, 9.17) is 4.74 Å². The van der Waals surface area contributed by atoms with Crippen LogP contribution in [0.3, 0.4) is 0 Å². The number of ether oxygens (including phenoxy) is 1. The smallest absolute Gasteiger partial charge is 0.0710 e. The minimum Gasteiger partial charge on any atom is -0.375 e. The number of hydrogen-bond donors (Lipinski definition) is 0. The summed E-state index contributed by atoms with van der Waals surface area (Å²) in [6.07, 6.45) is 30.5. The summed E-state index contributed by atoms with van der Waals surface area (Å²) in [6, 6.07) is 0. The first-order valence-electron chi connectivity index (χ1n) is 14.4. The zero-order chi connectivity index (χ0) is 21.1. The third-order valence-corrected chi connectivity index (χ3v) is 9.34. The van der Waals surface area contributed by atoms with Crippen molar-refractivity contribution in [3.8, 4) is 0 Å². The lowest BCUT2D eigenvalue weighted by Gasteiger charge is -2.46. The lowest BCUT2D eigenvalue weighted by atomic mass is 9.67. The van der Waals surface area contributed by atoms with Crippen LogP contribution in [0.4, 0.5) is 0 Å². The van der Waals surface area contributed by atoms with Crippen molar-refractivity contribution < 1.29 is 4.74 Å². The lowest BCUT2D eigenvalue weighted by Crippen LogP contribution is -2.44. The van der Waals surface area contributed by atoms with Gasteiger partial charge in [0.25, 0.3) is 0 Å². The Morgan fingerprint density at radius 1 is 0.600 bits per heavy atom. The Labute approximate surface area is 189 Å². The largest absolute Gasteiger partial charge is 0.375 e. The van der Waals surface area contributed by atoms with Gasteiger partial charge in [0, 0.05) is 6.61 Å². The second-order valence-electron chi connectivity index (χ2n) is 11.5. The number of hydrogen-bond acceptors (Lipinski definition) is 1. The van der Waals surface area contributed by atoms with E-state index in [1.54, 1.807) is 25.7 Å². The van der Waals surface area contributed by atoms with Crippen molar-refractivity contribution in [2.75, 3.05) is 6.61 Å². The average Bonchev–Trinajstić information content (AvgIpc) is 2.80. The minimum absolute atomic E-state index is 0.272. The average molecular weight is 419 g/mol. The van der Waals surface area contributed by atoms with Crippen molar-refractivity contribution in [1.82, 2.24) is 0 Å². The molecule has 30 heavy (non-hydrogen) atoms. The summed E-state index contributed by atoms with van der Waals surface area (Å²) in [5.74, 6) is 4.03. The highest BCUT2D eigenvalue weighted by atomic mass is 16.5. The minimum atomic E-state index is 0.272. The van der Waals surface area contributed by atoms with Crippen molar-refractivity contribution in [3.05, 3.63) is 0 Å². The zero-order valence-corrected chi connectivity index (χ0v) is 20.8. The van der Waals surface area contributed by atoms with Gasteiger partial charge in [0.15, 0.2) is 0 Å². The van der Waals surface area contributed by atoms with Crippen LogP contribution in [0.25, 0.3) is 0 Å². The molecule has 0 amide bonds. The topological polar surface area (TPSA) is 9.23 Å². The molecule has 0 N–H and O–H groups in total. The lowest BCUT2D eigenvalue weighted by molar-refractivity contribution is -0.122. The molecule has 0 radical (unpaired) electrons. The normalized spacial score (nSPS) is 32.2. The van der Waals surface area contributed by atoms with E-state index in [0.29, 0.717) is 0 Å². The molecule has 0 aromatic heterocycles. The summed E-state index contributed by atoms with van der Waals surface area (Å²) in [7, 11) is 0. The Balaban J connectivity index is 1.34. The van der Waals surface area contributed by atoms with E-state index in [1.807, 2.05) is 0 Å². The van der Waals surface area contributed by atoms with Crippen LogP contribution in [0, 0.1) is 23.7 Å². The van der Waals surface area contributed by atoms with E-state index >= 15 is 0 Å². The first kappa shape index (κ1) is 24.6. The third-order valence-electron chi connectivity index (χ3n) is 9.34. The van der Waals surface area contributed by atoms with Gasteiger partial charge in [-0.1, -0.05) is 117 Å². The van der Waals surface area contributed by atoms with Crippen molar-refractivity contribution in [1.29, 1.82) is 0 Å². The van der Waals surface area contributed by atoms with Gasteiger partial charge < -0.3 is 4.74 Å². The molecule has 0 heterocycles. The van der Waals surface area contributed by atoms with Crippen molar-refractivity contribution >= 4 is 0 Å². The summed E-state index contributed by atoms with van der Waals surface area (Å²) < 4.78 is 6.69. The molecule has 0 atom stereocenters. The maximum atomic E-state index is 6.69. The Bertz CT molecular complexity index is 422. The standard InChI is InChI=1S/C29H54O/c1-3-5-8-11-25-12-14-26(15-13-25)16-17-27-18-20-28(21-19-27)29(30-24-6-4-2)22-9-7-10-23-29/h25-28H,3-24H2,1-2H3. The maximum Gasteiger partial charge on any atom is 0.0710 e. The Morgan fingerprint density at radius 3 is 1.70 bits per heavy atom. The van der Waals surface area contributed by atoms with E-state index in [2.05, 4.69) is 13.8 Å². The van der Waals surface area contributed by atoms with Crippen molar-refractivity contribution in [2.24, 2.45) is 23.7 Å². The van der Waals surface area contributed by atoms with Crippen LogP contribution in [0.5, 0.6) is 0 Å². The first-order chi connectivity index (χ1) is 14.8. The van der Waals surface area contributed by atoms with E-state index in [-0.39, 0.29) is 5.60 Å². The molecule has 0 aromatic rings. The zero-order valence-electron chi connectivity index (χ0n) is 20.8. The molecule has 1 nitrogen and oxygen atoms in total. The molecule has 0 spiro atoms. The molecule has 3 saturated carbocycles. The third kappa shape index (κ3) is 7.53. The maximum absolute atomic E-state index is 6.69. The SMILES string of the molecule is CCCCCC1CCC(CCC2CCC(C3(OCCCC)CCCCC3)CC2)CC1. The van der Waals surface area contributed by atoms with E-state index < -0.39 is 0 Å². The molecule has 0 saturated heterocycles. The highest BCUT2D eigenvalue weighted by Crippen LogP contribution is 2.46. The van der Waals surface area contributed by atoms with Gasteiger partial charge in [0.1, 0.15) is 0 Å². The first-order valence-corrected chi connectivity index (χ1v) is 14.4. The molecule has 0 aliphatic heterocycles. The monoisotopic (exact) mass is 418 g/mol. The van der Waals surface area contributed by atoms with Gasteiger partial charge in [-0.05, 0) is 55.8 Å². The Kier molecular flexibility index (Phi) is 11.1. The Hall–Kier alpha value is -0.0400. The second-order valence-corrected chi connectivity index (χ2v) is 11.5. The van der Waals surface area contributed by atoms with Gasteiger partial charge in [0.05, 0.1) is 5.60 Å². The fraction of sp³-hybridized carbons (Fsp3) is 1.00. The van der Waals surface area contributed by atoms with Crippen LogP contribution in [-0.2, 0) is 4.74 Å². The van der Waals surface area contributed by atoms with Gasteiger partial charge >= 0.3 is 0 Å². The molecular formula is C29H54O. The molecular weight excluding hydrogens is 364 g/mol. The number of rotatable bonds is 12. The van der Waals surface area contributed by atoms with Crippen LogP contribution in [0.2, 0.25) is 0 Å². The molecule has 1 heteroatoms. The van der Waals surface area contributed by atoms with Crippen molar-refractivity contribution in [3.63, 3.8) is 0 Å². The van der Waals surface area contributed by atoms with Crippen LogP contribution in [-0.4, -0.2) is 12.2 Å². The quantitative estimate of drug-likeness (QED) is 0.287. The fourth-order valence-corrected chi connectivity index (χ4v) is 7.18. The van der Waals surface area contributed by atoms with Crippen molar-refractivity contribution in [2.45, 2.75) is 154 Å². The van der Waals surface area contributed by atoms with Crippen LogP contribution in [0.15, 0.2) is 0 Å². The van der Waals surface area contributed by atoms with Gasteiger partial charge in [-0.25, -0.2) is 0 Å². The van der Waals surface area contributed by atoms with Gasteiger partial charge in [0.2, 0.25) is 0 Å². The number of unbranched alkanes of at least 4 members (excludes halogenated alkanes) is 3. The summed E-state index contributed by atoms with van der Waals surface area (Å²) in [4.78, 5) is 0. The van der Waals surface area contributed by atoms with E-state index in [0.717, 1.165) is 30.3 Å². The van der Waals surface area contributed by atoms with Crippen LogP contribution in [0.1, 0.15) is 149 Å². The van der Waals surface area contributed by atoms with Gasteiger partial charge in [-0.3, -0.25) is 0 Å². The van der Waals surface area contributed by atoms with Crippen LogP contribution >= 0.6 is 0 Å². The summed E-state index contributed by atoms with van der Waals surface area (Å²) in [5, 5.41) is 0. The fourth-order valence-electron chi connectivity index (χ4n) is 7.18. The highest BCUT2D eigenvalue weighted by Gasteiger charge is 2.42. The summed E-state index contributed by atoms with van der Waals surface area (Å²) in [5.41, 5.74) is 0.272. The molecule has 3 rings (SSSR count). The Morgan fingerprint density at radius 2 is 1.13 bits per heavy atom. The van der Waals surface area contributed by atoms with Gasteiger partial charge in [-0.15, -0.1) is 0 Å². The molecule has 3 aliphatic carbocycles. The highest BCUT2D eigenvalue weighted by molar-refractivity contribution is 4.93. The van der Waals surface area contributed by atoms with E-state index in [9.17, 15) is 0 Å². The predicted octanol–water partition coefficient (Wildman–Crippen LogP) is 9.48. The molecule has 176 valence electrons. The van der Waals surface area contributed by atoms with Gasteiger partial charge in [-0.2, -0.15) is 0 Å². The van der Waals surface area contributed by atoms with E-state index in [1.165, 1.54) is 109 Å².